The third-order valence-electron chi connectivity index (χ3n) is 3.71. The zero-order valence-electron chi connectivity index (χ0n) is 12.8. The van der Waals surface area contributed by atoms with Crippen molar-refractivity contribution in [3.8, 4) is 0 Å². The Hall–Kier alpha value is -2.74. The molecule has 4 N–H and O–H groups in total. The molecule has 0 saturated carbocycles. The van der Waals surface area contributed by atoms with Gasteiger partial charge in [0.15, 0.2) is 17.8 Å². The normalized spacial score (nSPS) is 26.0. The molecule has 0 radical (unpaired) electrons. The second-order valence-corrected chi connectivity index (χ2v) is 5.06. The molecule has 134 valence electrons. The first-order valence-corrected chi connectivity index (χ1v) is 6.97. The zero-order valence-corrected chi connectivity index (χ0v) is 12.8. The lowest BCUT2D eigenvalue weighted by Crippen LogP contribution is -2.35. The molecular formula is C11H14N8O6. The van der Waals surface area contributed by atoms with E-state index in [2.05, 4.69) is 25.0 Å². The van der Waals surface area contributed by atoms with Crippen LogP contribution >= 0.6 is 0 Å². The maximum absolute atomic E-state index is 12.0. The number of hydrogen-bond acceptors (Lipinski definition) is 10. The van der Waals surface area contributed by atoms with Crippen molar-refractivity contribution in [3.05, 3.63) is 27.1 Å². The topological polar surface area (TPSA) is 196 Å². The molecule has 4 atom stereocenters. The lowest BCUT2D eigenvalue weighted by molar-refractivity contribution is -0.327. The molecule has 0 bridgehead atoms. The molecule has 0 spiro atoms. The summed E-state index contributed by atoms with van der Waals surface area (Å²) in [5.74, 6) is -0.362. The maximum Gasteiger partial charge on any atom is 0.306 e. The van der Waals surface area contributed by atoms with Gasteiger partial charge < -0.3 is 20.7 Å². The molecule has 2 aromatic rings. The van der Waals surface area contributed by atoms with Crippen molar-refractivity contribution >= 4 is 17.1 Å². The number of nitrogens with zero attached hydrogens (tertiary/aromatic N) is 7. The summed E-state index contributed by atoms with van der Waals surface area (Å²) in [6, 6.07) is 0. The summed E-state index contributed by atoms with van der Waals surface area (Å²) in [5.41, 5.74) is 13.5. The van der Waals surface area contributed by atoms with Crippen LogP contribution in [0.4, 0.5) is 5.95 Å². The molecule has 1 aliphatic heterocycles. The minimum absolute atomic E-state index is 0.0178. The van der Waals surface area contributed by atoms with Gasteiger partial charge in [0.25, 0.3) is 0 Å². The van der Waals surface area contributed by atoms with E-state index in [4.69, 9.17) is 20.9 Å². The lowest BCUT2D eigenvalue weighted by Gasteiger charge is -2.19. The molecule has 0 amide bonds. The van der Waals surface area contributed by atoms with Gasteiger partial charge in [0.2, 0.25) is 5.65 Å². The third kappa shape index (κ3) is 2.68. The molecule has 2 aromatic heterocycles. The molecule has 0 aromatic carbocycles. The van der Waals surface area contributed by atoms with E-state index in [1.807, 2.05) is 0 Å². The molecule has 14 nitrogen and oxygen atoms in total. The van der Waals surface area contributed by atoms with Gasteiger partial charge in [0.05, 0.1) is 13.7 Å². The van der Waals surface area contributed by atoms with E-state index in [-0.39, 0.29) is 17.1 Å². The van der Waals surface area contributed by atoms with E-state index >= 15 is 0 Å². The van der Waals surface area contributed by atoms with E-state index in [1.54, 1.807) is 0 Å². The van der Waals surface area contributed by atoms with Crippen LogP contribution in [0.15, 0.2) is 16.3 Å². The second kappa shape index (κ2) is 6.64. The highest BCUT2D eigenvalue weighted by molar-refractivity contribution is 5.71. The summed E-state index contributed by atoms with van der Waals surface area (Å²) in [4.78, 5) is 31.7. The zero-order chi connectivity index (χ0) is 18.1. The summed E-state index contributed by atoms with van der Waals surface area (Å²) in [5, 5.41) is 22.9. The first kappa shape index (κ1) is 17.1. The standard InChI is InChI=1S/C11H14N8O6/c1-23-25-7-6(21)4(2-20)24-10(7)18-3-14-5-8(22)15-11(12)19(9(5)18)17-16-13/h3-4,6-7,10,20-21H,2H2,1H3,(H2,12,15,22)/t4-,6+,7-,10-/m1/s1. The monoisotopic (exact) mass is 354 g/mol. The summed E-state index contributed by atoms with van der Waals surface area (Å²) in [6.45, 7) is -0.485. The van der Waals surface area contributed by atoms with Gasteiger partial charge >= 0.3 is 11.5 Å². The number of imidazole rings is 1. The maximum atomic E-state index is 12.0. The third-order valence-corrected chi connectivity index (χ3v) is 3.71. The fraction of sp³-hybridized carbons (Fsp3) is 0.545. The first-order chi connectivity index (χ1) is 12.0. The van der Waals surface area contributed by atoms with E-state index < -0.39 is 36.7 Å². The molecule has 0 aliphatic carbocycles. The predicted octanol–water partition coefficient (Wildman–Crippen LogP) is -1.55. The molecule has 1 aliphatic rings. The predicted molar refractivity (Wildman–Crippen MR) is 79.6 cm³/mol. The summed E-state index contributed by atoms with van der Waals surface area (Å²) in [7, 11) is 1.24. The second-order valence-electron chi connectivity index (χ2n) is 5.06. The number of ether oxygens (including phenoxy) is 1. The van der Waals surface area contributed by atoms with Crippen LogP contribution in [-0.4, -0.2) is 61.5 Å². The van der Waals surface area contributed by atoms with Crippen LogP contribution in [0, 0.1) is 0 Å². The van der Waals surface area contributed by atoms with Gasteiger partial charge in [-0.3, -0.25) is 9.36 Å². The molecule has 0 unspecified atom stereocenters. The number of rotatable bonds is 5. The number of nitrogens with two attached hydrogens (primary N) is 1. The van der Waals surface area contributed by atoms with E-state index in [0.29, 0.717) is 0 Å². The van der Waals surface area contributed by atoms with Gasteiger partial charge in [-0.25, -0.2) is 14.8 Å². The van der Waals surface area contributed by atoms with Crippen LogP contribution in [0.25, 0.3) is 21.6 Å². The van der Waals surface area contributed by atoms with Crippen LogP contribution in [0.2, 0.25) is 0 Å². The van der Waals surface area contributed by atoms with Crippen molar-refractivity contribution < 1.29 is 24.7 Å². The summed E-state index contributed by atoms with van der Waals surface area (Å²) in [6.07, 6.45) is -3.12. The average molecular weight is 354 g/mol. The number of nitrogen functional groups attached to an aromatic ring is 1. The highest BCUT2D eigenvalue weighted by atomic mass is 17.2. The van der Waals surface area contributed by atoms with Gasteiger partial charge in [0, 0.05) is 0 Å². The molecule has 1 saturated heterocycles. The Morgan fingerprint density at radius 2 is 2.36 bits per heavy atom. The Labute approximate surface area is 138 Å². The molecule has 25 heavy (non-hydrogen) atoms. The van der Waals surface area contributed by atoms with Gasteiger partial charge in [-0.2, -0.15) is 9.90 Å². The molecule has 1 fully saturated rings. The number of aliphatic hydroxyl groups is 2. The minimum Gasteiger partial charge on any atom is -0.394 e. The van der Waals surface area contributed by atoms with Crippen molar-refractivity contribution in [1.82, 2.24) is 19.2 Å². The van der Waals surface area contributed by atoms with Gasteiger partial charge in [-0.1, -0.05) is 0 Å². The van der Waals surface area contributed by atoms with E-state index in [9.17, 15) is 15.0 Å². The fourth-order valence-electron chi connectivity index (χ4n) is 2.65. The molecule has 3 heterocycles. The van der Waals surface area contributed by atoms with E-state index in [0.717, 1.165) is 4.68 Å². The number of azide groups is 1. The summed E-state index contributed by atoms with van der Waals surface area (Å²) < 4.78 is 7.69. The lowest BCUT2D eigenvalue weighted by atomic mass is 10.1. The highest BCUT2D eigenvalue weighted by Gasteiger charge is 2.47. The average Bonchev–Trinajstić information content (AvgIpc) is 3.14. The summed E-state index contributed by atoms with van der Waals surface area (Å²) >= 11 is 0. The van der Waals surface area contributed by atoms with Crippen LogP contribution in [0.3, 0.4) is 0 Å². The number of fused-ring (bicyclic) bond motifs is 1. The first-order valence-electron chi connectivity index (χ1n) is 6.97. The highest BCUT2D eigenvalue weighted by Crippen LogP contribution is 2.33. The smallest absolute Gasteiger partial charge is 0.306 e. The molecule has 14 heteroatoms. The van der Waals surface area contributed by atoms with Gasteiger partial charge in [0.1, 0.15) is 18.5 Å². The minimum atomic E-state index is -1.23. The van der Waals surface area contributed by atoms with Crippen molar-refractivity contribution in [2.45, 2.75) is 24.5 Å². The van der Waals surface area contributed by atoms with Crippen molar-refractivity contribution in [3.63, 3.8) is 0 Å². The van der Waals surface area contributed by atoms with Crippen molar-refractivity contribution in [1.29, 1.82) is 0 Å². The Bertz CT molecular complexity index is 889. The number of hydrogen-bond donors (Lipinski definition) is 3. The molecule has 3 rings (SSSR count). The van der Waals surface area contributed by atoms with E-state index in [1.165, 1.54) is 18.0 Å². The quantitative estimate of drug-likeness (QED) is 0.187. The molecular weight excluding hydrogens is 340 g/mol. The Balaban J connectivity index is 2.21. The van der Waals surface area contributed by atoms with Crippen LogP contribution < -0.4 is 11.3 Å². The van der Waals surface area contributed by atoms with Crippen LogP contribution in [0.1, 0.15) is 6.23 Å². The largest absolute Gasteiger partial charge is 0.394 e. The number of aromatic nitrogens is 4. The van der Waals surface area contributed by atoms with Gasteiger partial charge in [-0.05, 0) is 5.22 Å². The number of aliphatic hydroxyl groups excluding tert-OH is 2. The fourth-order valence-corrected chi connectivity index (χ4v) is 2.65. The van der Waals surface area contributed by atoms with Gasteiger partial charge in [-0.15, -0.1) is 10.2 Å². The van der Waals surface area contributed by atoms with Crippen molar-refractivity contribution in [2.75, 3.05) is 19.5 Å². The van der Waals surface area contributed by atoms with Crippen LogP contribution in [-0.2, 0) is 14.5 Å². The number of anilines is 1. The Morgan fingerprint density at radius 3 is 3.00 bits per heavy atom. The SMILES string of the molecule is COO[C@@H]1[C@@H](O)[C@@H](CO)O[C@H]1n1cnc2c(=O)nc(N)n(N=[N+]=[N-])c21. The van der Waals surface area contributed by atoms with Crippen molar-refractivity contribution in [2.24, 2.45) is 5.22 Å². The van der Waals surface area contributed by atoms with Crippen LogP contribution in [0.5, 0.6) is 0 Å². The Morgan fingerprint density at radius 1 is 1.60 bits per heavy atom. The Kier molecular flexibility index (Phi) is 4.54.